The molecule has 3 aromatic carbocycles. The molecule has 0 unspecified atom stereocenters. The predicted octanol–water partition coefficient (Wildman–Crippen LogP) is 5.75. The molecule has 0 saturated heterocycles. The molecule has 2 heteroatoms. The molecule has 0 aliphatic carbocycles. The van der Waals surface area contributed by atoms with Crippen LogP contribution in [-0.4, -0.2) is 0 Å². The minimum absolute atomic E-state index is 1.12. The van der Waals surface area contributed by atoms with E-state index in [0.717, 1.165) is 4.47 Å². The van der Waals surface area contributed by atoms with Gasteiger partial charge in [0.05, 0.1) is 0 Å². The lowest BCUT2D eigenvalue weighted by atomic mass is 10.1. The number of benzene rings is 3. The van der Waals surface area contributed by atoms with Crippen LogP contribution in [0.2, 0.25) is 0 Å². The Bertz CT molecular complexity index is 677. The molecule has 0 radical (unpaired) electrons. The van der Waals surface area contributed by atoms with Crippen LogP contribution in [-0.2, 0) is 0 Å². The Kier molecular flexibility index (Phi) is 3.39. The van der Waals surface area contributed by atoms with Crippen molar-refractivity contribution in [2.75, 3.05) is 0 Å². The Morgan fingerprint density at radius 2 is 1.39 bits per heavy atom. The topological polar surface area (TPSA) is 0 Å². The zero-order valence-electron chi connectivity index (χ0n) is 9.64. The molecule has 0 heterocycles. The molecule has 0 bridgehead atoms. The SMILES string of the molecule is Brc1ccc2cc(Sc3ccccc3)ccc2c1. The molecule has 0 N–H and O–H groups in total. The lowest BCUT2D eigenvalue weighted by Crippen LogP contribution is -1.76. The molecule has 0 atom stereocenters. The van der Waals surface area contributed by atoms with Crippen molar-refractivity contribution in [2.45, 2.75) is 9.79 Å². The van der Waals surface area contributed by atoms with E-state index in [-0.39, 0.29) is 0 Å². The maximum atomic E-state index is 3.50. The van der Waals surface area contributed by atoms with Crippen molar-refractivity contribution in [2.24, 2.45) is 0 Å². The minimum Gasteiger partial charge on any atom is -0.0901 e. The Labute approximate surface area is 119 Å². The number of rotatable bonds is 2. The van der Waals surface area contributed by atoms with E-state index in [2.05, 4.69) is 76.6 Å². The van der Waals surface area contributed by atoms with E-state index in [1.54, 1.807) is 11.8 Å². The average Bonchev–Trinajstić information content (AvgIpc) is 2.40. The van der Waals surface area contributed by atoms with E-state index >= 15 is 0 Å². The van der Waals surface area contributed by atoms with Gasteiger partial charge in [-0.1, -0.05) is 58.0 Å². The van der Waals surface area contributed by atoms with Crippen LogP contribution in [0, 0.1) is 0 Å². The third-order valence-electron chi connectivity index (χ3n) is 2.75. The van der Waals surface area contributed by atoms with Crippen LogP contribution in [0.1, 0.15) is 0 Å². The van der Waals surface area contributed by atoms with E-state index < -0.39 is 0 Å². The molecule has 3 aromatic rings. The fourth-order valence-electron chi connectivity index (χ4n) is 1.88. The molecule has 0 aromatic heterocycles. The summed E-state index contributed by atoms with van der Waals surface area (Å²) >= 11 is 5.29. The van der Waals surface area contributed by atoms with Gasteiger partial charge in [-0.3, -0.25) is 0 Å². The average molecular weight is 315 g/mol. The molecule has 0 amide bonds. The van der Waals surface area contributed by atoms with Crippen LogP contribution in [0.5, 0.6) is 0 Å². The minimum atomic E-state index is 1.12. The fourth-order valence-corrected chi connectivity index (χ4v) is 3.15. The Morgan fingerprint density at radius 3 is 2.22 bits per heavy atom. The molecule has 0 nitrogen and oxygen atoms in total. The second-order valence-corrected chi connectivity index (χ2v) is 6.13. The predicted molar refractivity (Wildman–Crippen MR) is 82.2 cm³/mol. The maximum Gasteiger partial charge on any atom is 0.0181 e. The lowest BCUT2D eigenvalue weighted by molar-refractivity contribution is 1.42. The number of halogens is 1. The summed E-state index contributed by atoms with van der Waals surface area (Å²) in [6, 6.07) is 23.4. The number of hydrogen-bond donors (Lipinski definition) is 0. The molecule has 88 valence electrons. The van der Waals surface area contributed by atoms with Crippen LogP contribution in [0.3, 0.4) is 0 Å². The summed E-state index contributed by atoms with van der Waals surface area (Å²) in [5.41, 5.74) is 0. The van der Waals surface area contributed by atoms with Crippen molar-refractivity contribution in [1.82, 2.24) is 0 Å². The van der Waals surface area contributed by atoms with Gasteiger partial charge in [0.1, 0.15) is 0 Å². The van der Waals surface area contributed by atoms with Gasteiger partial charge in [0.2, 0.25) is 0 Å². The summed E-state index contributed by atoms with van der Waals surface area (Å²) in [6.07, 6.45) is 0. The Hall–Kier alpha value is -1.25. The molecule has 0 fully saturated rings. The molecule has 3 rings (SSSR count). The van der Waals surface area contributed by atoms with Crippen LogP contribution in [0.4, 0.5) is 0 Å². The molecule has 0 spiro atoms. The summed E-state index contributed by atoms with van der Waals surface area (Å²) in [5, 5.41) is 2.54. The van der Waals surface area contributed by atoms with E-state index in [0.29, 0.717) is 0 Å². The van der Waals surface area contributed by atoms with Gasteiger partial charge in [0.15, 0.2) is 0 Å². The highest BCUT2D eigenvalue weighted by Gasteiger charge is 1.99. The Morgan fingerprint density at radius 1 is 0.667 bits per heavy atom. The lowest BCUT2D eigenvalue weighted by Gasteiger charge is -2.04. The zero-order chi connectivity index (χ0) is 12.4. The third-order valence-corrected chi connectivity index (χ3v) is 4.24. The summed E-state index contributed by atoms with van der Waals surface area (Å²) in [7, 11) is 0. The van der Waals surface area contributed by atoms with Gasteiger partial charge < -0.3 is 0 Å². The van der Waals surface area contributed by atoms with Gasteiger partial charge in [-0.05, 0) is 47.2 Å². The second kappa shape index (κ2) is 5.17. The first kappa shape index (κ1) is 11.8. The molecule has 0 saturated carbocycles. The summed E-state index contributed by atoms with van der Waals surface area (Å²) in [6.45, 7) is 0. The molecular formula is C16H11BrS. The van der Waals surface area contributed by atoms with Crippen molar-refractivity contribution in [3.8, 4) is 0 Å². The normalized spacial score (nSPS) is 10.7. The van der Waals surface area contributed by atoms with E-state index in [4.69, 9.17) is 0 Å². The third kappa shape index (κ3) is 2.60. The summed E-state index contributed by atoms with van der Waals surface area (Å²) in [4.78, 5) is 2.55. The molecular weight excluding hydrogens is 304 g/mol. The van der Waals surface area contributed by atoms with Crippen molar-refractivity contribution < 1.29 is 0 Å². The fraction of sp³-hybridized carbons (Fsp3) is 0. The van der Waals surface area contributed by atoms with Crippen LogP contribution >= 0.6 is 27.7 Å². The quantitative estimate of drug-likeness (QED) is 0.580. The highest BCUT2D eigenvalue weighted by molar-refractivity contribution is 9.10. The second-order valence-electron chi connectivity index (χ2n) is 4.07. The highest BCUT2D eigenvalue weighted by atomic mass is 79.9. The molecule has 0 aliphatic rings. The number of hydrogen-bond acceptors (Lipinski definition) is 1. The maximum absolute atomic E-state index is 3.50. The van der Waals surface area contributed by atoms with Crippen molar-refractivity contribution in [3.05, 3.63) is 71.2 Å². The van der Waals surface area contributed by atoms with Gasteiger partial charge >= 0.3 is 0 Å². The Balaban J connectivity index is 1.96. The molecule has 0 aliphatic heterocycles. The van der Waals surface area contributed by atoms with Crippen LogP contribution in [0.15, 0.2) is 81.0 Å². The number of fused-ring (bicyclic) bond motifs is 1. The monoisotopic (exact) mass is 314 g/mol. The first-order valence-electron chi connectivity index (χ1n) is 5.73. The van der Waals surface area contributed by atoms with E-state index in [1.807, 2.05) is 6.07 Å². The van der Waals surface area contributed by atoms with Crippen molar-refractivity contribution in [1.29, 1.82) is 0 Å². The van der Waals surface area contributed by atoms with Gasteiger partial charge in [-0.2, -0.15) is 0 Å². The largest absolute Gasteiger partial charge is 0.0901 e. The van der Waals surface area contributed by atoms with Crippen LogP contribution < -0.4 is 0 Å². The summed E-state index contributed by atoms with van der Waals surface area (Å²) < 4.78 is 1.12. The van der Waals surface area contributed by atoms with Gasteiger partial charge in [0.25, 0.3) is 0 Å². The van der Waals surface area contributed by atoms with Gasteiger partial charge in [-0.25, -0.2) is 0 Å². The van der Waals surface area contributed by atoms with Crippen molar-refractivity contribution >= 4 is 38.5 Å². The van der Waals surface area contributed by atoms with Crippen LogP contribution in [0.25, 0.3) is 10.8 Å². The smallest absolute Gasteiger partial charge is 0.0181 e. The summed E-state index contributed by atoms with van der Waals surface area (Å²) in [5.74, 6) is 0. The van der Waals surface area contributed by atoms with Gasteiger partial charge in [0, 0.05) is 14.3 Å². The molecule has 18 heavy (non-hydrogen) atoms. The zero-order valence-corrected chi connectivity index (χ0v) is 12.0. The van der Waals surface area contributed by atoms with Gasteiger partial charge in [-0.15, -0.1) is 0 Å². The first-order chi connectivity index (χ1) is 8.81. The van der Waals surface area contributed by atoms with E-state index in [1.165, 1.54) is 20.6 Å². The highest BCUT2D eigenvalue weighted by Crippen LogP contribution is 2.30. The standard InChI is InChI=1S/C16H11BrS/c17-14-8-6-13-11-16(9-7-12(13)10-14)18-15-4-2-1-3-5-15/h1-11H. The van der Waals surface area contributed by atoms with Crippen molar-refractivity contribution in [3.63, 3.8) is 0 Å². The van der Waals surface area contributed by atoms with E-state index in [9.17, 15) is 0 Å². The first-order valence-corrected chi connectivity index (χ1v) is 7.34.